The molecule has 5 rings (SSSR count). The van der Waals surface area contributed by atoms with Crippen LogP contribution in [0.15, 0.2) is 12.2 Å². The van der Waals surface area contributed by atoms with Crippen molar-refractivity contribution in [3.05, 3.63) is 12.2 Å². The van der Waals surface area contributed by atoms with E-state index in [1.54, 1.807) is 0 Å². The number of methoxy groups -OCH3 is 1. The molecule has 0 saturated heterocycles. The molecule has 0 N–H and O–H groups in total. The summed E-state index contributed by atoms with van der Waals surface area (Å²) < 4.78 is 6.31. The Bertz CT molecular complexity index is 709. The molecule has 5 fully saturated rings. The summed E-state index contributed by atoms with van der Waals surface area (Å²) in [5, 5.41) is 0. The minimum absolute atomic E-state index is 0.543. The lowest BCUT2D eigenvalue weighted by molar-refractivity contribution is -0.160. The van der Waals surface area contributed by atoms with Gasteiger partial charge in [-0.25, -0.2) is 0 Å². The minimum atomic E-state index is 0.543. The van der Waals surface area contributed by atoms with E-state index in [2.05, 4.69) is 53.7 Å². The van der Waals surface area contributed by atoms with Crippen LogP contribution >= 0.6 is 0 Å². The molecule has 176 valence electrons. The minimum Gasteiger partial charge on any atom is -0.381 e. The molecule has 11 atom stereocenters. The molecule has 0 radical (unpaired) electrons. The van der Waals surface area contributed by atoms with E-state index >= 15 is 0 Å². The topological polar surface area (TPSA) is 9.23 Å². The fraction of sp³-hybridized carbons (Fsp3) is 0.933. The molecular formula is C30H50O. The SMILES string of the molecule is CCC(C=CC(C)C1CCC2C3CC(OC)C45C[C@H]4CC[C@]5(C)C3CC[C@]12C)C(C)C. The highest BCUT2D eigenvalue weighted by Gasteiger charge is 2.77. The number of rotatable bonds is 6. The first kappa shape index (κ1) is 22.5. The fourth-order valence-corrected chi connectivity index (χ4v) is 10.8. The van der Waals surface area contributed by atoms with Crippen molar-refractivity contribution in [3.8, 4) is 0 Å². The second-order valence-corrected chi connectivity index (χ2v) is 13.5. The summed E-state index contributed by atoms with van der Waals surface area (Å²) in [7, 11) is 2.03. The van der Waals surface area contributed by atoms with Crippen molar-refractivity contribution in [2.45, 2.75) is 105 Å². The largest absolute Gasteiger partial charge is 0.381 e. The third-order valence-corrected chi connectivity index (χ3v) is 12.5. The van der Waals surface area contributed by atoms with Gasteiger partial charge in [0.25, 0.3) is 0 Å². The van der Waals surface area contributed by atoms with Crippen molar-refractivity contribution in [2.75, 3.05) is 7.11 Å². The molecule has 0 aliphatic heterocycles. The standard InChI is InChI=1S/C30H50O/c1-8-21(19(2)3)10-9-20(4)24-11-12-25-23-17-27(31-7)30-18-22(30)13-16-29(30,6)26(23)14-15-28(24,25)5/h9-10,19-27H,8,11-18H2,1-7H3/t20?,21?,22-,23?,24?,25?,26?,27?,28-,29-,30?/m1/s1. The lowest BCUT2D eigenvalue weighted by atomic mass is 9.45. The highest BCUT2D eigenvalue weighted by Crippen LogP contribution is 2.82. The van der Waals surface area contributed by atoms with Gasteiger partial charge in [0.05, 0.1) is 6.10 Å². The number of hydrogen-bond donors (Lipinski definition) is 0. The maximum absolute atomic E-state index is 6.31. The van der Waals surface area contributed by atoms with Crippen LogP contribution < -0.4 is 0 Å². The second kappa shape index (κ2) is 7.61. The lowest BCUT2D eigenvalue weighted by Crippen LogP contribution is -2.57. The molecule has 31 heavy (non-hydrogen) atoms. The van der Waals surface area contributed by atoms with Gasteiger partial charge in [-0.2, -0.15) is 0 Å². The molecule has 5 aliphatic carbocycles. The second-order valence-electron chi connectivity index (χ2n) is 13.5. The summed E-state index contributed by atoms with van der Waals surface area (Å²) in [5.41, 5.74) is 1.68. The van der Waals surface area contributed by atoms with Gasteiger partial charge in [-0.05, 0) is 116 Å². The monoisotopic (exact) mass is 426 g/mol. The molecule has 5 aliphatic rings. The van der Waals surface area contributed by atoms with E-state index in [4.69, 9.17) is 4.74 Å². The maximum Gasteiger partial charge on any atom is 0.0638 e. The van der Waals surface area contributed by atoms with Crippen molar-refractivity contribution in [1.29, 1.82) is 0 Å². The Balaban J connectivity index is 1.37. The van der Waals surface area contributed by atoms with Gasteiger partial charge < -0.3 is 4.74 Å². The summed E-state index contributed by atoms with van der Waals surface area (Å²) in [6.07, 6.45) is 18.7. The summed E-state index contributed by atoms with van der Waals surface area (Å²) in [6, 6.07) is 0. The first-order valence-corrected chi connectivity index (χ1v) is 13.9. The van der Waals surface area contributed by atoms with Gasteiger partial charge in [0.15, 0.2) is 0 Å². The molecule has 0 amide bonds. The Hall–Kier alpha value is -0.300. The van der Waals surface area contributed by atoms with Crippen LogP contribution in [0.5, 0.6) is 0 Å². The summed E-state index contributed by atoms with van der Waals surface area (Å²) in [4.78, 5) is 0. The molecule has 0 aromatic rings. The van der Waals surface area contributed by atoms with E-state index in [1.807, 2.05) is 7.11 Å². The number of fused-ring (bicyclic) bond motifs is 4. The van der Waals surface area contributed by atoms with Gasteiger partial charge in [-0.1, -0.05) is 53.7 Å². The first-order chi connectivity index (χ1) is 14.7. The van der Waals surface area contributed by atoms with Gasteiger partial charge in [-0.15, -0.1) is 0 Å². The Morgan fingerprint density at radius 2 is 1.74 bits per heavy atom. The predicted molar refractivity (Wildman–Crippen MR) is 131 cm³/mol. The van der Waals surface area contributed by atoms with Gasteiger partial charge in [0.2, 0.25) is 0 Å². The lowest BCUT2D eigenvalue weighted by Gasteiger charge is -2.61. The maximum atomic E-state index is 6.31. The Kier molecular flexibility index (Phi) is 5.52. The highest BCUT2D eigenvalue weighted by molar-refractivity contribution is 5.26. The number of allylic oxidation sites excluding steroid dienone is 2. The van der Waals surface area contributed by atoms with Crippen LogP contribution in [0.3, 0.4) is 0 Å². The van der Waals surface area contributed by atoms with Crippen LogP contribution in [-0.2, 0) is 4.74 Å². The number of hydrogen-bond acceptors (Lipinski definition) is 1. The number of ether oxygens (including phenoxy) is 1. The zero-order chi connectivity index (χ0) is 22.2. The van der Waals surface area contributed by atoms with Gasteiger partial charge in [0.1, 0.15) is 0 Å². The van der Waals surface area contributed by atoms with E-state index in [0.29, 0.717) is 22.3 Å². The predicted octanol–water partition coefficient (Wildman–Crippen LogP) is 8.14. The Morgan fingerprint density at radius 1 is 0.968 bits per heavy atom. The molecule has 1 spiro atoms. The average molecular weight is 427 g/mol. The van der Waals surface area contributed by atoms with E-state index < -0.39 is 0 Å². The van der Waals surface area contributed by atoms with Crippen LogP contribution in [0.4, 0.5) is 0 Å². The van der Waals surface area contributed by atoms with Crippen LogP contribution in [0, 0.1) is 63.6 Å². The molecule has 0 bridgehead atoms. The zero-order valence-electron chi connectivity index (χ0n) is 21.6. The molecule has 1 heteroatoms. The summed E-state index contributed by atoms with van der Waals surface area (Å²) in [5.74, 6) is 6.92. The third kappa shape index (κ3) is 2.96. The fourth-order valence-electron chi connectivity index (χ4n) is 10.8. The normalized spacial score (nSPS) is 52.5. The van der Waals surface area contributed by atoms with Crippen molar-refractivity contribution in [2.24, 2.45) is 63.6 Å². The summed E-state index contributed by atoms with van der Waals surface area (Å²) in [6.45, 7) is 15.1. The Morgan fingerprint density at radius 3 is 2.39 bits per heavy atom. The van der Waals surface area contributed by atoms with Crippen molar-refractivity contribution in [3.63, 3.8) is 0 Å². The van der Waals surface area contributed by atoms with Crippen molar-refractivity contribution in [1.82, 2.24) is 0 Å². The quantitative estimate of drug-likeness (QED) is 0.389. The smallest absolute Gasteiger partial charge is 0.0638 e. The van der Waals surface area contributed by atoms with Crippen LogP contribution in [0.25, 0.3) is 0 Å². The Labute approximate surface area is 193 Å². The van der Waals surface area contributed by atoms with E-state index in [0.717, 1.165) is 47.3 Å². The molecule has 5 saturated carbocycles. The third-order valence-electron chi connectivity index (χ3n) is 12.5. The van der Waals surface area contributed by atoms with Gasteiger partial charge in [-0.3, -0.25) is 0 Å². The van der Waals surface area contributed by atoms with Crippen molar-refractivity contribution < 1.29 is 4.74 Å². The van der Waals surface area contributed by atoms with E-state index in [9.17, 15) is 0 Å². The van der Waals surface area contributed by atoms with Crippen molar-refractivity contribution >= 4 is 0 Å². The van der Waals surface area contributed by atoms with Gasteiger partial charge >= 0.3 is 0 Å². The summed E-state index contributed by atoms with van der Waals surface area (Å²) >= 11 is 0. The molecular weight excluding hydrogens is 376 g/mol. The van der Waals surface area contributed by atoms with Crippen LogP contribution in [-0.4, -0.2) is 13.2 Å². The van der Waals surface area contributed by atoms with E-state index in [1.165, 1.54) is 57.8 Å². The van der Waals surface area contributed by atoms with Crippen LogP contribution in [0.2, 0.25) is 0 Å². The molecule has 8 unspecified atom stereocenters. The molecule has 0 aromatic heterocycles. The highest BCUT2D eigenvalue weighted by atomic mass is 16.5. The van der Waals surface area contributed by atoms with Gasteiger partial charge in [0, 0.05) is 12.5 Å². The molecule has 0 heterocycles. The first-order valence-electron chi connectivity index (χ1n) is 13.9. The molecule has 1 nitrogen and oxygen atoms in total. The van der Waals surface area contributed by atoms with E-state index in [-0.39, 0.29) is 0 Å². The van der Waals surface area contributed by atoms with Crippen LogP contribution in [0.1, 0.15) is 99.3 Å². The average Bonchev–Trinajstić information content (AvgIpc) is 3.24. The molecule has 0 aromatic carbocycles. The zero-order valence-corrected chi connectivity index (χ0v) is 21.6.